The maximum atomic E-state index is 12.7. The Morgan fingerprint density at radius 3 is 2.11 bits per heavy atom. The van der Waals surface area contributed by atoms with E-state index in [9.17, 15) is 13.2 Å². The van der Waals surface area contributed by atoms with Crippen molar-refractivity contribution in [1.29, 1.82) is 0 Å². The molecule has 0 bridgehead atoms. The van der Waals surface area contributed by atoms with Crippen LogP contribution in [-0.4, -0.2) is 20.1 Å². The number of carbonyl (C=O) groups is 1. The van der Waals surface area contributed by atoms with Crippen LogP contribution in [0.2, 0.25) is 0 Å². The number of benzene rings is 3. The zero-order valence-corrected chi connectivity index (χ0v) is 17.1. The van der Waals surface area contributed by atoms with E-state index in [2.05, 4.69) is 15.9 Å². The van der Waals surface area contributed by atoms with Gasteiger partial charge in [-0.15, -0.1) is 0 Å². The van der Waals surface area contributed by atoms with Gasteiger partial charge in [0, 0.05) is 10.2 Å². The van der Waals surface area contributed by atoms with Gasteiger partial charge in [0.05, 0.1) is 0 Å². The van der Waals surface area contributed by atoms with E-state index in [-0.39, 0.29) is 0 Å². The van der Waals surface area contributed by atoms with Crippen LogP contribution in [0.4, 0.5) is 5.69 Å². The van der Waals surface area contributed by atoms with Gasteiger partial charge in [0.2, 0.25) is 5.91 Å². The van der Waals surface area contributed by atoms with Gasteiger partial charge in [-0.2, -0.15) is 0 Å². The maximum Gasteiger partial charge on any atom is 0.243 e. The van der Waals surface area contributed by atoms with E-state index < -0.39 is 26.9 Å². The van der Waals surface area contributed by atoms with Gasteiger partial charge in [0.1, 0.15) is 17.3 Å². The van der Waals surface area contributed by atoms with Crippen molar-refractivity contribution in [3.05, 3.63) is 88.9 Å². The number of nitrogens with zero attached hydrogens (tertiary/aromatic N) is 1. The Balaban J connectivity index is 1.66. The van der Waals surface area contributed by atoms with Gasteiger partial charge in [-0.25, -0.2) is 8.42 Å². The summed E-state index contributed by atoms with van der Waals surface area (Å²) in [5.41, 5.74) is 1.07. The van der Waals surface area contributed by atoms with Gasteiger partial charge < -0.3 is 4.74 Å². The minimum atomic E-state index is -3.64. The molecule has 1 aliphatic rings. The fourth-order valence-electron chi connectivity index (χ4n) is 3.17. The number of sulfone groups is 1. The molecular weight excluding hydrogens is 442 g/mol. The van der Waals surface area contributed by atoms with E-state index in [1.807, 2.05) is 30.3 Å². The highest BCUT2D eigenvalue weighted by Gasteiger charge is 2.45. The molecule has 0 N–H and O–H groups in total. The van der Waals surface area contributed by atoms with Gasteiger partial charge >= 0.3 is 0 Å². The lowest BCUT2D eigenvalue weighted by Gasteiger charge is -2.24. The monoisotopic (exact) mass is 457 g/mol. The Morgan fingerprint density at radius 2 is 1.46 bits per heavy atom. The highest BCUT2D eigenvalue weighted by atomic mass is 79.9. The third-order valence-corrected chi connectivity index (χ3v) is 6.76. The number of anilines is 1. The van der Waals surface area contributed by atoms with Crippen LogP contribution in [-0.2, 0) is 14.6 Å². The van der Waals surface area contributed by atoms with E-state index in [1.165, 1.54) is 4.90 Å². The first-order valence-electron chi connectivity index (χ1n) is 8.56. The van der Waals surface area contributed by atoms with Gasteiger partial charge in [-0.3, -0.25) is 9.69 Å². The normalized spacial score (nSPS) is 18.2. The predicted octanol–water partition coefficient (Wildman–Crippen LogP) is 4.70. The quantitative estimate of drug-likeness (QED) is 0.569. The van der Waals surface area contributed by atoms with Crippen LogP contribution in [0, 0.1) is 0 Å². The molecule has 3 aromatic carbocycles. The molecule has 1 fully saturated rings. The van der Waals surface area contributed by atoms with E-state index in [0.29, 0.717) is 22.7 Å². The molecule has 28 heavy (non-hydrogen) atoms. The highest BCUT2D eigenvalue weighted by molar-refractivity contribution is 9.10. The number of halogens is 1. The Bertz CT molecular complexity index is 1100. The molecule has 5 nitrogen and oxygen atoms in total. The molecule has 142 valence electrons. The van der Waals surface area contributed by atoms with Crippen molar-refractivity contribution in [3.63, 3.8) is 0 Å². The molecule has 0 aromatic heterocycles. The third kappa shape index (κ3) is 3.68. The molecule has 0 spiro atoms. The molecule has 7 heteroatoms. The van der Waals surface area contributed by atoms with Crippen LogP contribution >= 0.6 is 15.9 Å². The molecule has 0 radical (unpaired) electrons. The van der Waals surface area contributed by atoms with E-state index in [1.54, 1.807) is 48.5 Å². The summed E-state index contributed by atoms with van der Waals surface area (Å²) < 4.78 is 32.0. The van der Waals surface area contributed by atoms with Crippen LogP contribution < -0.4 is 9.64 Å². The number of carbonyl (C=O) groups excluding carboxylic acids is 1. The van der Waals surface area contributed by atoms with Crippen molar-refractivity contribution in [2.75, 3.05) is 10.7 Å². The second-order valence-electron chi connectivity index (χ2n) is 6.38. The Morgan fingerprint density at radius 1 is 0.857 bits per heavy atom. The largest absolute Gasteiger partial charge is 0.457 e. The van der Waals surface area contributed by atoms with Gasteiger partial charge in [0.25, 0.3) is 0 Å². The van der Waals surface area contributed by atoms with Crippen molar-refractivity contribution in [2.24, 2.45) is 0 Å². The number of para-hydroxylation sites is 1. The molecule has 4 rings (SSSR count). The van der Waals surface area contributed by atoms with Crippen LogP contribution in [0.5, 0.6) is 11.5 Å². The molecular formula is C21H16BrNO4S. The molecule has 3 aromatic rings. The number of hydrogen-bond acceptors (Lipinski definition) is 4. The van der Waals surface area contributed by atoms with Crippen molar-refractivity contribution < 1.29 is 17.9 Å². The SMILES string of the molecule is O=C1CS(=O)(=O)C(c2ccc(Oc3ccccc3)cc2)N1c1ccc(Br)cc1. The van der Waals surface area contributed by atoms with Crippen molar-refractivity contribution >= 4 is 37.4 Å². The third-order valence-electron chi connectivity index (χ3n) is 4.42. The van der Waals surface area contributed by atoms with Crippen molar-refractivity contribution in [2.45, 2.75) is 5.37 Å². The summed E-state index contributed by atoms with van der Waals surface area (Å²) in [6, 6.07) is 23.1. The molecule has 1 unspecified atom stereocenters. The Kier molecular flexibility index (Phi) is 4.95. The first-order chi connectivity index (χ1) is 13.4. The van der Waals surface area contributed by atoms with Crippen molar-refractivity contribution in [3.8, 4) is 11.5 Å². The smallest absolute Gasteiger partial charge is 0.243 e. The van der Waals surface area contributed by atoms with E-state index in [0.717, 1.165) is 4.47 Å². The standard InChI is InChI=1S/C21H16BrNO4S/c22-16-8-10-17(11-9-16)23-20(24)14-28(25,26)21(23)15-6-12-19(13-7-15)27-18-4-2-1-3-5-18/h1-13,21H,14H2. The second kappa shape index (κ2) is 7.41. The lowest BCUT2D eigenvalue weighted by Crippen LogP contribution is -2.29. The minimum absolute atomic E-state index is 0.433. The molecule has 1 amide bonds. The van der Waals surface area contributed by atoms with Crippen LogP contribution in [0.1, 0.15) is 10.9 Å². The number of ether oxygens (including phenoxy) is 1. The average Bonchev–Trinajstić information content (AvgIpc) is 2.92. The zero-order chi connectivity index (χ0) is 19.7. The average molecular weight is 458 g/mol. The molecule has 0 saturated carbocycles. The summed E-state index contributed by atoms with van der Waals surface area (Å²) in [6.45, 7) is 0. The van der Waals surface area contributed by atoms with Gasteiger partial charge in [-0.1, -0.05) is 46.3 Å². The first kappa shape index (κ1) is 18.7. The summed E-state index contributed by atoms with van der Waals surface area (Å²) in [6.07, 6.45) is 0. The van der Waals surface area contributed by atoms with Crippen LogP contribution in [0.25, 0.3) is 0 Å². The summed E-state index contributed by atoms with van der Waals surface area (Å²) in [4.78, 5) is 13.8. The summed E-state index contributed by atoms with van der Waals surface area (Å²) in [7, 11) is -3.64. The molecule has 0 aliphatic carbocycles. The summed E-state index contributed by atoms with van der Waals surface area (Å²) in [5, 5.41) is -1.05. The second-order valence-corrected chi connectivity index (χ2v) is 9.36. The van der Waals surface area contributed by atoms with Gasteiger partial charge in [-0.05, 0) is 54.1 Å². The van der Waals surface area contributed by atoms with E-state index in [4.69, 9.17) is 4.74 Å². The van der Waals surface area contributed by atoms with Crippen LogP contribution in [0.3, 0.4) is 0 Å². The predicted molar refractivity (Wildman–Crippen MR) is 111 cm³/mol. The Labute approximate surface area is 171 Å². The lowest BCUT2D eigenvalue weighted by molar-refractivity contribution is -0.115. The minimum Gasteiger partial charge on any atom is -0.457 e. The van der Waals surface area contributed by atoms with Gasteiger partial charge in [0.15, 0.2) is 15.2 Å². The van der Waals surface area contributed by atoms with Crippen molar-refractivity contribution in [1.82, 2.24) is 0 Å². The van der Waals surface area contributed by atoms with E-state index >= 15 is 0 Å². The first-order valence-corrected chi connectivity index (χ1v) is 11.1. The molecule has 1 saturated heterocycles. The summed E-state index contributed by atoms with van der Waals surface area (Å²) in [5.74, 6) is 0.343. The number of rotatable bonds is 4. The lowest BCUT2D eigenvalue weighted by atomic mass is 10.2. The number of hydrogen-bond donors (Lipinski definition) is 0. The molecule has 1 atom stereocenters. The highest BCUT2D eigenvalue weighted by Crippen LogP contribution is 2.38. The molecule has 1 aliphatic heterocycles. The van der Waals surface area contributed by atoms with Crippen LogP contribution in [0.15, 0.2) is 83.3 Å². The maximum absolute atomic E-state index is 12.7. The zero-order valence-electron chi connectivity index (χ0n) is 14.7. The fraction of sp³-hybridized carbons (Fsp3) is 0.0952. The number of amides is 1. The Hall–Kier alpha value is -2.64. The topological polar surface area (TPSA) is 63.7 Å². The summed E-state index contributed by atoms with van der Waals surface area (Å²) >= 11 is 3.35. The molecule has 1 heterocycles. The fourth-order valence-corrected chi connectivity index (χ4v) is 5.21.